The molecule has 0 spiro atoms. The molecule has 0 saturated heterocycles. The molecule has 0 aliphatic carbocycles. The van der Waals surface area contributed by atoms with Crippen LogP contribution in [0.15, 0.2) is 12.2 Å². The van der Waals surface area contributed by atoms with Crippen LogP contribution in [-0.2, 0) is 32.5 Å². The van der Waals surface area contributed by atoms with Gasteiger partial charge in [0.15, 0.2) is 0 Å². The van der Waals surface area contributed by atoms with Gasteiger partial charge in [-0.1, -0.05) is 34.8 Å². The van der Waals surface area contributed by atoms with Crippen LogP contribution in [0.3, 0.4) is 0 Å². The van der Waals surface area contributed by atoms with E-state index in [1.165, 1.54) is 0 Å². The van der Waals surface area contributed by atoms with Crippen LogP contribution in [0, 0.1) is 0 Å². The number of allylic oxidation sites excluding steroid dienone is 1. The fourth-order valence-electron chi connectivity index (χ4n) is 0.166. The molecule has 0 aliphatic rings. The molecular formula is C4H3Cl3HgO2. The van der Waals surface area contributed by atoms with Gasteiger partial charge in [0, 0.05) is 33.7 Å². The summed E-state index contributed by atoms with van der Waals surface area (Å²) in [6.45, 7) is 0. The van der Waals surface area contributed by atoms with Gasteiger partial charge in [-0.05, 0) is 6.08 Å². The molecule has 0 aromatic heterocycles. The topological polar surface area (TPSA) is 37.3 Å². The monoisotopic (exact) mass is 390 g/mol. The average molecular weight is 390 g/mol. The third kappa shape index (κ3) is 11.8. The minimum absolute atomic E-state index is 0. The molecule has 0 aromatic rings. The molecule has 0 rings (SSSR count). The predicted octanol–water partition coefficient (Wildman–Crippen LogP) is 1.99. The quantitative estimate of drug-likeness (QED) is 0.423. The standard InChI is InChI=1S/C4H3Cl3O2.Hg/c5-4(6,7)2-1-3(8)9;/h1-2H,(H,8,9);/b2-1+;. The Balaban J connectivity index is 0. The fourth-order valence-corrected chi connectivity index (χ4v) is 0.355. The fraction of sp³-hybridized carbons (Fsp3) is 0.250. The van der Waals surface area contributed by atoms with Gasteiger partial charge in [0.1, 0.15) is 0 Å². The van der Waals surface area contributed by atoms with Crippen LogP contribution in [0.25, 0.3) is 0 Å². The second-order valence-electron chi connectivity index (χ2n) is 1.21. The molecule has 0 unspecified atom stereocenters. The van der Waals surface area contributed by atoms with Crippen LogP contribution in [-0.4, -0.2) is 14.9 Å². The minimum Gasteiger partial charge on any atom is -0.478 e. The maximum Gasteiger partial charge on any atom is 0.328 e. The molecule has 0 heterocycles. The molecule has 6 heteroatoms. The molecule has 0 bridgehead atoms. The van der Waals surface area contributed by atoms with Crippen LogP contribution in [0.2, 0.25) is 0 Å². The van der Waals surface area contributed by atoms with Crippen molar-refractivity contribution in [3.8, 4) is 0 Å². The first-order valence-electron chi connectivity index (χ1n) is 1.91. The summed E-state index contributed by atoms with van der Waals surface area (Å²) in [7, 11) is 0. The summed E-state index contributed by atoms with van der Waals surface area (Å²) >= 11 is 15.5. The van der Waals surface area contributed by atoms with Crippen molar-refractivity contribution >= 4 is 40.8 Å². The number of carbonyl (C=O) groups is 1. The van der Waals surface area contributed by atoms with Gasteiger partial charge < -0.3 is 5.11 Å². The maximum atomic E-state index is 9.78. The van der Waals surface area contributed by atoms with E-state index in [2.05, 4.69) is 0 Å². The summed E-state index contributed by atoms with van der Waals surface area (Å²) in [5, 5.41) is 8.01. The third-order valence-corrected chi connectivity index (χ3v) is 0.793. The molecule has 0 amide bonds. The summed E-state index contributed by atoms with van der Waals surface area (Å²) in [5.74, 6) is -1.14. The molecule has 10 heavy (non-hydrogen) atoms. The van der Waals surface area contributed by atoms with E-state index in [1.54, 1.807) is 0 Å². The van der Waals surface area contributed by atoms with Crippen LogP contribution in [0.5, 0.6) is 0 Å². The van der Waals surface area contributed by atoms with Gasteiger partial charge in [0.05, 0.1) is 0 Å². The Hall–Kier alpha value is 1.02. The number of rotatable bonds is 1. The Morgan fingerprint density at radius 3 is 1.90 bits per heavy atom. The Morgan fingerprint density at radius 2 is 1.80 bits per heavy atom. The van der Waals surface area contributed by atoms with Crippen molar-refractivity contribution in [2.24, 2.45) is 0 Å². The number of carboxylic acids is 1. The minimum atomic E-state index is -1.61. The molecule has 0 atom stereocenters. The number of hydrogen-bond donors (Lipinski definition) is 1. The molecule has 0 fully saturated rings. The van der Waals surface area contributed by atoms with Gasteiger partial charge in [-0.15, -0.1) is 0 Å². The van der Waals surface area contributed by atoms with Gasteiger partial charge in [-0.25, -0.2) is 4.79 Å². The van der Waals surface area contributed by atoms with E-state index < -0.39 is 9.76 Å². The van der Waals surface area contributed by atoms with Crippen molar-refractivity contribution in [2.75, 3.05) is 0 Å². The molecule has 1 N–H and O–H groups in total. The summed E-state index contributed by atoms with van der Waals surface area (Å²) in [6.07, 6.45) is 1.73. The van der Waals surface area contributed by atoms with E-state index in [9.17, 15) is 4.79 Å². The van der Waals surface area contributed by atoms with Crippen LogP contribution in [0.1, 0.15) is 0 Å². The van der Waals surface area contributed by atoms with Gasteiger partial charge in [0.25, 0.3) is 0 Å². The second kappa shape index (κ2) is 5.64. The predicted molar refractivity (Wildman–Crippen MR) is 37.1 cm³/mol. The summed E-state index contributed by atoms with van der Waals surface area (Å²) in [6, 6.07) is 0. The number of alkyl halides is 3. The van der Waals surface area contributed by atoms with Gasteiger partial charge in [0.2, 0.25) is 3.79 Å². The first kappa shape index (κ1) is 13.6. The van der Waals surface area contributed by atoms with Crippen molar-refractivity contribution in [3.05, 3.63) is 12.2 Å². The maximum absolute atomic E-state index is 9.78. The summed E-state index contributed by atoms with van der Waals surface area (Å²) in [5.41, 5.74) is 0. The van der Waals surface area contributed by atoms with Crippen LogP contribution in [0.4, 0.5) is 0 Å². The summed E-state index contributed by atoms with van der Waals surface area (Å²) < 4.78 is -1.61. The Morgan fingerprint density at radius 1 is 1.40 bits per heavy atom. The first-order chi connectivity index (χ1) is 3.92. The van der Waals surface area contributed by atoms with Gasteiger partial charge in [-0.2, -0.15) is 0 Å². The van der Waals surface area contributed by atoms with E-state index in [-0.39, 0.29) is 27.7 Å². The van der Waals surface area contributed by atoms with Crippen molar-refractivity contribution in [1.29, 1.82) is 0 Å². The molecule has 0 aliphatic heterocycles. The van der Waals surface area contributed by atoms with Crippen molar-refractivity contribution in [2.45, 2.75) is 3.79 Å². The largest absolute Gasteiger partial charge is 0.478 e. The third-order valence-electron chi connectivity index (χ3n) is 0.415. The zero-order valence-corrected chi connectivity index (χ0v) is 12.6. The zero-order valence-electron chi connectivity index (χ0n) is 4.85. The first-order valence-corrected chi connectivity index (χ1v) is 3.04. The SMILES string of the molecule is O=C(O)/C=C/C(Cl)(Cl)Cl.[Hg]. The Bertz CT molecular complexity index is 140. The number of hydrogen-bond acceptors (Lipinski definition) is 1. The number of carboxylic acid groups (broad SMARTS) is 1. The van der Waals surface area contributed by atoms with E-state index in [4.69, 9.17) is 39.9 Å². The van der Waals surface area contributed by atoms with E-state index >= 15 is 0 Å². The number of aliphatic carboxylic acids is 1. The molecular weight excluding hydrogens is 387 g/mol. The average Bonchev–Trinajstić information content (AvgIpc) is 1.59. The second-order valence-corrected chi connectivity index (χ2v) is 3.58. The van der Waals surface area contributed by atoms with Crippen LogP contribution < -0.4 is 0 Å². The smallest absolute Gasteiger partial charge is 0.328 e. The van der Waals surface area contributed by atoms with Crippen molar-refractivity contribution < 1.29 is 37.6 Å². The normalized spacial score (nSPS) is 11.1. The number of halogens is 3. The Kier molecular flexibility index (Phi) is 7.66. The van der Waals surface area contributed by atoms with Crippen molar-refractivity contribution in [3.63, 3.8) is 0 Å². The van der Waals surface area contributed by atoms with Gasteiger partial charge >= 0.3 is 5.97 Å². The molecule has 0 saturated carbocycles. The van der Waals surface area contributed by atoms with E-state index in [1.807, 2.05) is 0 Å². The van der Waals surface area contributed by atoms with Crippen molar-refractivity contribution in [1.82, 2.24) is 0 Å². The Labute approximate surface area is 93.6 Å². The molecule has 54 valence electrons. The van der Waals surface area contributed by atoms with Crippen LogP contribution >= 0.6 is 34.8 Å². The van der Waals surface area contributed by atoms with E-state index in [0.29, 0.717) is 0 Å². The summed E-state index contributed by atoms with van der Waals surface area (Å²) in [4.78, 5) is 9.78. The zero-order chi connectivity index (χ0) is 7.49. The molecule has 2 nitrogen and oxygen atoms in total. The van der Waals surface area contributed by atoms with E-state index in [0.717, 1.165) is 12.2 Å². The molecule has 0 aromatic carbocycles. The van der Waals surface area contributed by atoms with Gasteiger partial charge in [-0.3, -0.25) is 0 Å². The molecule has 0 radical (unpaired) electrons.